The first-order valence-electron chi connectivity index (χ1n) is 7.77. The van der Waals surface area contributed by atoms with Crippen molar-refractivity contribution in [2.45, 2.75) is 39.2 Å². The minimum Gasteiger partial charge on any atom is -0.497 e. The van der Waals surface area contributed by atoms with Crippen molar-refractivity contribution in [1.82, 2.24) is 5.32 Å². The van der Waals surface area contributed by atoms with E-state index in [0.717, 1.165) is 36.3 Å². The van der Waals surface area contributed by atoms with Gasteiger partial charge < -0.3 is 20.5 Å². The maximum Gasteiger partial charge on any atom is 0.237 e. The molecule has 0 saturated heterocycles. The molecule has 1 amide bonds. The molecule has 1 aromatic rings. The molecule has 0 aliphatic heterocycles. The number of methoxy groups -OCH3 is 2. The number of amides is 1. The third-order valence-electron chi connectivity index (χ3n) is 3.97. The van der Waals surface area contributed by atoms with Crippen LogP contribution in [0.3, 0.4) is 0 Å². The summed E-state index contributed by atoms with van der Waals surface area (Å²) in [5.41, 5.74) is 6.97. The Labute approximate surface area is 145 Å². The minimum absolute atomic E-state index is 0. The summed E-state index contributed by atoms with van der Waals surface area (Å²) in [6, 6.07) is 5.29. The maximum atomic E-state index is 11.9. The summed E-state index contributed by atoms with van der Waals surface area (Å²) >= 11 is 0. The van der Waals surface area contributed by atoms with Crippen molar-refractivity contribution in [3.63, 3.8) is 0 Å². The molecule has 6 heteroatoms. The second-order valence-corrected chi connectivity index (χ2v) is 5.48. The lowest BCUT2D eigenvalue weighted by Crippen LogP contribution is -2.44. The Balaban J connectivity index is 0.00000484. The van der Waals surface area contributed by atoms with Crippen LogP contribution in [0.5, 0.6) is 11.5 Å². The van der Waals surface area contributed by atoms with Crippen LogP contribution in [0, 0.1) is 5.92 Å². The predicted octanol–water partition coefficient (Wildman–Crippen LogP) is 2.55. The summed E-state index contributed by atoms with van der Waals surface area (Å²) in [7, 11) is 3.29. The highest BCUT2D eigenvalue weighted by Crippen LogP contribution is 2.24. The molecule has 3 N–H and O–H groups in total. The number of hydrogen-bond acceptors (Lipinski definition) is 4. The summed E-state index contributed by atoms with van der Waals surface area (Å²) in [4.78, 5) is 11.9. The molecular weight excluding hydrogens is 316 g/mol. The Morgan fingerprint density at radius 3 is 2.57 bits per heavy atom. The lowest BCUT2D eigenvalue weighted by Gasteiger charge is -2.17. The zero-order chi connectivity index (χ0) is 16.5. The van der Waals surface area contributed by atoms with Gasteiger partial charge in [-0.2, -0.15) is 0 Å². The third-order valence-corrected chi connectivity index (χ3v) is 3.97. The molecule has 0 heterocycles. The number of rotatable bonds is 9. The van der Waals surface area contributed by atoms with Crippen molar-refractivity contribution in [3.05, 3.63) is 23.8 Å². The van der Waals surface area contributed by atoms with Crippen LogP contribution in [-0.2, 0) is 11.2 Å². The number of hydrogen-bond donors (Lipinski definition) is 2. The van der Waals surface area contributed by atoms with Crippen molar-refractivity contribution < 1.29 is 14.3 Å². The highest BCUT2D eigenvalue weighted by atomic mass is 35.5. The quantitative estimate of drug-likeness (QED) is 0.675. The van der Waals surface area contributed by atoms with Crippen LogP contribution in [0.1, 0.15) is 32.3 Å². The summed E-state index contributed by atoms with van der Waals surface area (Å²) in [5, 5.41) is 2.90. The van der Waals surface area contributed by atoms with E-state index in [4.69, 9.17) is 15.2 Å². The third kappa shape index (κ3) is 6.67. The molecule has 0 radical (unpaired) electrons. The monoisotopic (exact) mass is 344 g/mol. The molecule has 0 aliphatic carbocycles. The lowest BCUT2D eigenvalue weighted by molar-refractivity contribution is -0.123. The number of aryl methyl sites for hydroxylation is 1. The summed E-state index contributed by atoms with van der Waals surface area (Å²) in [5.74, 6) is 1.76. The number of ether oxygens (including phenoxy) is 2. The van der Waals surface area contributed by atoms with Crippen molar-refractivity contribution in [1.29, 1.82) is 0 Å². The standard InChI is InChI=1S/C17H28N2O3.ClH/c1-5-12(2)16(18)17(20)19-10-6-7-13-11-14(21-3)8-9-15(13)22-4;/h8-9,11-12,16H,5-7,10,18H2,1-4H3,(H,19,20);1H. The predicted molar refractivity (Wildman–Crippen MR) is 95.6 cm³/mol. The molecule has 0 fully saturated rings. The largest absolute Gasteiger partial charge is 0.497 e. The van der Waals surface area contributed by atoms with Crippen LogP contribution in [0.4, 0.5) is 0 Å². The molecule has 1 rings (SSSR count). The van der Waals surface area contributed by atoms with E-state index in [2.05, 4.69) is 5.32 Å². The first-order valence-corrected chi connectivity index (χ1v) is 7.77. The Morgan fingerprint density at radius 1 is 1.30 bits per heavy atom. The fourth-order valence-corrected chi connectivity index (χ4v) is 2.20. The zero-order valence-electron chi connectivity index (χ0n) is 14.4. The fraction of sp³-hybridized carbons (Fsp3) is 0.588. The molecule has 1 aromatic carbocycles. The van der Waals surface area contributed by atoms with Gasteiger partial charge in [-0.15, -0.1) is 12.4 Å². The lowest BCUT2D eigenvalue weighted by atomic mass is 9.99. The number of benzene rings is 1. The molecular formula is C17H29ClN2O3. The molecule has 2 atom stereocenters. The second-order valence-electron chi connectivity index (χ2n) is 5.48. The van der Waals surface area contributed by atoms with Crippen molar-refractivity contribution in [2.75, 3.05) is 20.8 Å². The van der Waals surface area contributed by atoms with E-state index in [1.165, 1.54) is 0 Å². The summed E-state index contributed by atoms with van der Waals surface area (Å²) in [6.07, 6.45) is 2.53. The number of carbonyl (C=O) groups excluding carboxylic acids is 1. The molecule has 0 saturated carbocycles. The smallest absolute Gasteiger partial charge is 0.237 e. The topological polar surface area (TPSA) is 73.6 Å². The molecule has 0 spiro atoms. The van der Waals surface area contributed by atoms with Gasteiger partial charge in [0.1, 0.15) is 11.5 Å². The van der Waals surface area contributed by atoms with Crippen LogP contribution in [-0.4, -0.2) is 32.7 Å². The summed E-state index contributed by atoms with van der Waals surface area (Å²) in [6.45, 7) is 4.63. The highest BCUT2D eigenvalue weighted by Gasteiger charge is 2.18. The van der Waals surface area contributed by atoms with Crippen LogP contribution < -0.4 is 20.5 Å². The first-order chi connectivity index (χ1) is 10.5. The first kappa shape index (κ1) is 21.5. The Bertz CT molecular complexity index is 483. The van der Waals surface area contributed by atoms with Crippen LogP contribution in [0.25, 0.3) is 0 Å². The van der Waals surface area contributed by atoms with Crippen molar-refractivity contribution >= 4 is 18.3 Å². The van der Waals surface area contributed by atoms with Gasteiger partial charge in [0.25, 0.3) is 0 Å². The number of nitrogens with two attached hydrogens (primary N) is 1. The van der Waals surface area contributed by atoms with Gasteiger partial charge in [-0.3, -0.25) is 4.79 Å². The van der Waals surface area contributed by atoms with Gasteiger partial charge in [0.15, 0.2) is 0 Å². The second kappa shape index (κ2) is 11.1. The van der Waals surface area contributed by atoms with Crippen LogP contribution >= 0.6 is 12.4 Å². The van der Waals surface area contributed by atoms with Gasteiger partial charge in [-0.05, 0) is 42.5 Å². The Morgan fingerprint density at radius 2 is 2.00 bits per heavy atom. The van der Waals surface area contributed by atoms with E-state index in [1.807, 2.05) is 32.0 Å². The molecule has 0 aromatic heterocycles. The van der Waals surface area contributed by atoms with E-state index < -0.39 is 6.04 Å². The molecule has 132 valence electrons. The number of nitrogens with one attached hydrogen (secondary N) is 1. The average molecular weight is 345 g/mol. The van der Waals surface area contributed by atoms with Gasteiger partial charge in [-0.25, -0.2) is 0 Å². The Kier molecular flexibility index (Phi) is 10.4. The van der Waals surface area contributed by atoms with Crippen molar-refractivity contribution in [2.24, 2.45) is 11.7 Å². The normalized spacial score (nSPS) is 12.7. The van der Waals surface area contributed by atoms with Gasteiger partial charge in [0, 0.05) is 6.54 Å². The molecule has 2 unspecified atom stereocenters. The average Bonchev–Trinajstić information content (AvgIpc) is 2.56. The van der Waals surface area contributed by atoms with Crippen LogP contribution in [0.15, 0.2) is 18.2 Å². The van der Waals surface area contributed by atoms with E-state index in [9.17, 15) is 4.79 Å². The maximum absolute atomic E-state index is 11.9. The van der Waals surface area contributed by atoms with E-state index in [0.29, 0.717) is 6.54 Å². The van der Waals surface area contributed by atoms with Gasteiger partial charge in [-0.1, -0.05) is 20.3 Å². The number of halogens is 1. The molecule has 23 heavy (non-hydrogen) atoms. The molecule has 0 aliphatic rings. The fourth-order valence-electron chi connectivity index (χ4n) is 2.20. The van der Waals surface area contributed by atoms with Gasteiger partial charge in [0.05, 0.1) is 20.3 Å². The van der Waals surface area contributed by atoms with Crippen LogP contribution in [0.2, 0.25) is 0 Å². The highest BCUT2D eigenvalue weighted by molar-refractivity contribution is 5.85. The van der Waals surface area contributed by atoms with E-state index >= 15 is 0 Å². The van der Waals surface area contributed by atoms with Crippen molar-refractivity contribution in [3.8, 4) is 11.5 Å². The molecule has 5 nitrogen and oxygen atoms in total. The SMILES string of the molecule is CCC(C)C(N)C(=O)NCCCc1cc(OC)ccc1OC.Cl. The van der Waals surface area contributed by atoms with Gasteiger partial charge >= 0.3 is 0 Å². The minimum atomic E-state index is -0.434. The van der Waals surface area contributed by atoms with E-state index in [-0.39, 0.29) is 24.2 Å². The summed E-state index contributed by atoms with van der Waals surface area (Å²) < 4.78 is 10.6. The van der Waals surface area contributed by atoms with E-state index in [1.54, 1.807) is 14.2 Å². The number of carbonyl (C=O) groups is 1. The van der Waals surface area contributed by atoms with Gasteiger partial charge in [0.2, 0.25) is 5.91 Å². The Hall–Kier alpha value is -1.46. The zero-order valence-corrected chi connectivity index (χ0v) is 15.2. The molecule has 0 bridgehead atoms.